The summed E-state index contributed by atoms with van der Waals surface area (Å²) in [5.41, 5.74) is 0.793. The van der Waals surface area contributed by atoms with E-state index in [1.807, 2.05) is 0 Å². The molecule has 0 bridgehead atoms. The van der Waals surface area contributed by atoms with Crippen molar-refractivity contribution in [3.8, 4) is 11.5 Å². The van der Waals surface area contributed by atoms with Crippen molar-refractivity contribution >= 4 is 5.78 Å². The lowest BCUT2D eigenvalue weighted by atomic mass is 9.99. The first kappa shape index (κ1) is 15.5. The third kappa shape index (κ3) is 4.58. The topological polar surface area (TPSA) is 57.5 Å². The molecule has 1 aromatic rings. The number of phenolic OH excluding ortho intramolecular Hbond substituents is 2. The van der Waals surface area contributed by atoms with Crippen LogP contribution in [0.15, 0.2) is 12.1 Å². The molecule has 0 fully saturated rings. The maximum Gasteiger partial charge on any atom is 0.163 e. The fraction of sp³-hybridized carbons (Fsp3) is 0.562. The molecule has 0 aliphatic heterocycles. The van der Waals surface area contributed by atoms with E-state index < -0.39 is 0 Å². The minimum atomic E-state index is -0.179. The molecule has 0 aliphatic rings. The molecule has 0 unspecified atom stereocenters. The Morgan fingerprint density at radius 1 is 1.05 bits per heavy atom. The number of hydrogen-bond acceptors (Lipinski definition) is 3. The van der Waals surface area contributed by atoms with E-state index in [1.54, 1.807) is 0 Å². The van der Waals surface area contributed by atoms with Gasteiger partial charge in [-0.3, -0.25) is 4.79 Å². The van der Waals surface area contributed by atoms with Gasteiger partial charge in [0.15, 0.2) is 5.78 Å². The molecule has 3 heteroatoms. The molecule has 19 heavy (non-hydrogen) atoms. The van der Waals surface area contributed by atoms with Crippen LogP contribution in [0.2, 0.25) is 0 Å². The predicted octanol–water partition coefficient (Wildman–Crippen LogP) is 4.20. The van der Waals surface area contributed by atoms with Crippen molar-refractivity contribution in [3.05, 3.63) is 23.3 Å². The number of Topliss-reactive ketones (excluding diaryl/α,β-unsaturated/α-hetero) is 1. The van der Waals surface area contributed by atoms with Gasteiger partial charge >= 0.3 is 0 Å². The highest BCUT2D eigenvalue weighted by molar-refractivity contribution is 5.97. The lowest BCUT2D eigenvalue weighted by Gasteiger charge is -2.10. The van der Waals surface area contributed by atoms with Crippen molar-refractivity contribution in [2.45, 2.75) is 58.8 Å². The van der Waals surface area contributed by atoms with Crippen molar-refractivity contribution < 1.29 is 15.0 Å². The molecule has 1 aromatic carbocycles. The summed E-state index contributed by atoms with van der Waals surface area (Å²) in [5, 5.41) is 19.8. The van der Waals surface area contributed by atoms with Crippen LogP contribution in [0.1, 0.15) is 68.3 Å². The van der Waals surface area contributed by atoms with Crippen molar-refractivity contribution in [2.24, 2.45) is 0 Å². The second-order valence-electron chi connectivity index (χ2n) is 5.03. The molecule has 0 saturated carbocycles. The van der Waals surface area contributed by atoms with Crippen molar-refractivity contribution in [1.82, 2.24) is 0 Å². The third-order valence-corrected chi connectivity index (χ3v) is 3.42. The molecule has 0 radical (unpaired) electrons. The van der Waals surface area contributed by atoms with Gasteiger partial charge in [-0.25, -0.2) is 0 Å². The third-order valence-electron chi connectivity index (χ3n) is 3.42. The van der Waals surface area contributed by atoms with Crippen LogP contribution in [-0.2, 0) is 6.42 Å². The highest BCUT2D eigenvalue weighted by atomic mass is 16.3. The monoisotopic (exact) mass is 264 g/mol. The normalized spacial score (nSPS) is 10.6. The van der Waals surface area contributed by atoms with Gasteiger partial charge in [0.1, 0.15) is 11.5 Å². The Morgan fingerprint density at radius 3 is 2.32 bits per heavy atom. The summed E-state index contributed by atoms with van der Waals surface area (Å²) in [4.78, 5) is 11.3. The Morgan fingerprint density at radius 2 is 1.68 bits per heavy atom. The Bertz CT molecular complexity index is 424. The molecule has 0 spiro atoms. The second-order valence-corrected chi connectivity index (χ2v) is 5.03. The number of aromatic hydroxyl groups is 2. The zero-order chi connectivity index (χ0) is 14.3. The molecule has 0 saturated heterocycles. The van der Waals surface area contributed by atoms with Crippen LogP contribution in [0.25, 0.3) is 0 Å². The number of benzene rings is 1. The van der Waals surface area contributed by atoms with Gasteiger partial charge in [0, 0.05) is 5.56 Å². The zero-order valence-corrected chi connectivity index (χ0v) is 11.9. The van der Waals surface area contributed by atoms with E-state index in [4.69, 9.17) is 0 Å². The average molecular weight is 264 g/mol. The summed E-state index contributed by atoms with van der Waals surface area (Å²) in [7, 11) is 0. The van der Waals surface area contributed by atoms with E-state index in [1.165, 1.54) is 44.7 Å². The van der Waals surface area contributed by atoms with Gasteiger partial charge in [-0.2, -0.15) is 0 Å². The van der Waals surface area contributed by atoms with E-state index in [0.717, 1.165) is 12.8 Å². The first-order valence-corrected chi connectivity index (χ1v) is 7.12. The second kappa shape index (κ2) is 7.82. The summed E-state index contributed by atoms with van der Waals surface area (Å²) >= 11 is 0. The number of hydrogen-bond donors (Lipinski definition) is 2. The molecule has 2 N–H and O–H groups in total. The highest BCUT2D eigenvalue weighted by Crippen LogP contribution is 2.32. The van der Waals surface area contributed by atoms with E-state index in [9.17, 15) is 15.0 Å². The van der Waals surface area contributed by atoms with E-state index in [2.05, 4.69) is 6.92 Å². The van der Waals surface area contributed by atoms with Crippen LogP contribution < -0.4 is 0 Å². The van der Waals surface area contributed by atoms with Crippen molar-refractivity contribution in [3.63, 3.8) is 0 Å². The van der Waals surface area contributed by atoms with Gasteiger partial charge in [0.2, 0.25) is 0 Å². The molecular weight excluding hydrogens is 240 g/mol. The number of phenols is 2. The molecule has 0 heterocycles. The standard InChI is InChI=1S/C16H24O3/c1-3-4-5-6-7-8-9-14-15(18)11-10-13(12(2)17)16(14)19/h10-11,18-19H,3-9H2,1-2H3. The fourth-order valence-electron chi connectivity index (χ4n) is 2.24. The fourth-order valence-corrected chi connectivity index (χ4v) is 2.24. The van der Waals surface area contributed by atoms with Crippen molar-refractivity contribution in [2.75, 3.05) is 0 Å². The Balaban J connectivity index is 2.57. The molecule has 0 aromatic heterocycles. The first-order chi connectivity index (χ1) is 9.07. The van der Waals surface area contributed by atoms with Crippen molar-refractivity contribution in [1.29, 1.82) is 0 Å². The SMILES string of the molecule is CCCCCCCCc1c(O)ccc(C(C)=O)c1O. The molecule has 0 amide bonds. The minimum absolute atomic E-state index is 0.0546. The summed E-state index contributed by atoms with van der Waals surface area (Å²) in [6, 6.07) is 2.96. The number of rotatable bonds is 8. The summed E-state index contributed by atoms with van der Waals surface area (Å²) < 4.78 is 0. The summed E-state index contributed by atoms with van der Waals surface area (Å²) in [6.07, 6.45) is 7.53. The van der Waals surface area contributed by atoms with Crippen LogP contribution in [-0.4, -0.2) is 16.0 Å². The number of unbranched alkanes of at least 4 members (excludes halogenated alkanes) is 5. The summed E-state index contributed by atoms with van der Waals surface area (Å²) in [6.45, 7) is 3.60. The quantitative estimate of drug-likeness (QED) is 0.546. The number of carbonyl (C=O) groups is 1. The maximum atomic E-state index is 11.3. The predicted molar refractivity (Wildman–Crippen MR) is 76.9 cm³/mol. The van der Waals surface area contributed by atoms with Crippen LogP contribution >= 0.6 is 0 Å². The van der Waals surface area contributed by atoms with Gasteiger partial charge < -0.3 is 10.2 Å². The molecule has 0 atom stereocenters. The van der Waals surface area contributed by atoms with Crippen LogP contribution in [0, 0.1) is 0 Å². The van der Waals surface area contributed by atoms with Crippen LogP contribution in [0.3, 0.4) is 0 Å². The van der Waals surface area contributed by atoms with Gasteiger partial charge in [-0.05, 0) is 31.9 Å². The number of carbonyl (C=O) groups excluding carboxylic acids is 1. The Kier molecular flexibility index (Phi) is 6.40. The molecule has 0 aliphatic carbocycles. The maximum absolute atomic E-state index is 11.3. The van der Waals surface area contributed by atoms with E-state index in [0.29, 0.717) is 17.5 Å². The average Bonchev–Trinajstić information content (AvgIpc) is 2.36. The first-order valence-electron chi connectivity index (χ1n) is 7.12. The van der Waals surface area contributed by atoms with E-state index in [-0.39, 0.29) is 17.3 Å². The largest absolute Gasteiger partial charge is 0.508 e. The van der Waals surface area contributed by atoms with Gasteiger partial charge in [0.25, 0.3) is 0 Å². The lowest BCUT2D eigenvalue weighted by molar-refractivity contribution is 0.101. The van der Waals surface area contributed by atoms with Crippen LogP contribution in [0.4, 0.5) is 0 Å². The van der Waals surface area contributed by atoms with Gasteiger partial charge in [-0.15, -0.1) is 0 Å². The van der Waals surface area contributed by atoms with Crippen LogP contribution in [0.5, 0.6) is 11.5 Å². The Hall–Kier alpha value is -1.51. The molecule has 3 nitrogen and oxygen atoms in total. The summed E-state index contributed by atoms with van der Waals surface area (Å²) in [5.74, 6) is -0.154. The van der Waals surface area contributed by atoms with Gasteiger partial charge in [-0.1, -0.05) is 39.0 Å². The Labute approximate surface area is 115 Å². The molecule has 106 valence electrons. The number of ketones is 1. The molecular formula is C16H24O3. The lowest BCUT2D eigenvalue weighted by Crippen LogP contribution is -1.97. The minimum Gasteiger partial charge on any atom is -0.508 e. The molecule has 1 rings (SSSR count). The van der Waals surface area contributed by atoms with Gasteiger partial charge in [0.05, 0.1) is 5.56 Å². The zero-order valence-electron chi connectivity index (χ0n) is 11.9. The van der Waals surface area contributed by atoms with E-state index >= 15 is 0 Å². The smallest absolute Gasteiger partial charge is 0.163 e. The highest BCUT2D eigenvalue weighted by Gasteiger charge is 2.14.